The smallest absolute Gasteiger partial charge is 0.264 e. The first-order valence-corrected chi connectivity index (χ1v) is 6.68. The standard InChI is InChI=1S/C10H10N4O5S/c15-7-4-6(5-8(16)9(7)13-17)20(18,19)14-10-11-2-1-3-12-10/h1-5,13,15-17H,(H,11,12,14). The van der Waals surface area contributed by atoms with Gasteiger partial charge in [-0.15, -0.1) is 0 Å². The van der Waals surface area contributed by atoms with Crippen molar-refractivity contribution < 1.29 is 23.8 Å². The summed E-state index contributed by atoms with van der Waals surface area (Å²) in [7, 11) is -4.09. The van der Waals surface area contributed by atoms with Crippen LogP contribution in [0.25, 0.3) is 0 Å². The number of benzene rings is 1. The van der Waals surface area contributed by atoms with Gasteiger partial charge in [0.1, 0.15) is 17.2 Å². The lowest BCUT2D eigenvalue weighted by Crippen LogP contribution is -2.15. The number of phenolic OH excluding ortho intramolecular Hbond substituents is 2. The van der Waals surface area contributed by atoms with Gasteiger partial charge in [0.2, 0.25) is 5.95 Å². The van der Waals surface area contributed by atoms with Crippen LogP contribution >= 0.6 is 0 Å². The van der Waals surface area contributed by atoms with Crippen LogP contribution in [0, 0.1) is 0 Å². The van der Waals surface area contributed by atoms with E-state index in [1.165, 1.54) is 18.5 Å². The number of nitrogens with zero attached hydrogens (tertiary/aromatic N) is 2. The van der Waals surface area contributed by atoms with E-state index in [-0.39, 0.29) is 5.95 Å². The van der Waals surface area contributed by atoms with Crippen molar-refractivity contribution >= 4 is 21.7 Å². The molecule has 0 aliphatic heterocycles. The van der Waals surface area contributed by atoms with Crippen LogP contribution in [0.3, 0.4) is 0 Å². The van der Waals surface area contributed by atoms with Crippen LogP contribution in [0.1, 0.15) is 0 Å². The van der Waals surface area contributed by atoms with E-state index in [0.29, 0.717) is 0 Å². The first kappa shape index (κ1) is 13.8. The van der Waals surface area contributed by atoms with Crippen LogP contribution in [0.15, 0.2) is 35.5 Å². The normalized spacial score (nSPS) is 11.1. The molecule has 0 aliphatic carbocycles. The maximum atomic E-state index is 12.0. The number of anilines is 2. The van der Waals surface area contributed by atoms with Crippen molar-refractivity contribution in [1.29, 1.82) is 0 Å². The molecule has 0 unspecified atom stereocenters. The number of rotatable bonds is 4. The number of aromatic nitrogens is 2. The number of nitrogens with one attached hydrogen (secondary N) is 2. The molecule has 20 heavy (non-hydrogen) atoms. The van der Waals surface area contributed by atoms with Gasteiger partial charge in [-0.3, -0.25) is 10.7 Å². The first-order valence-electron chi connectivity index (χ1n) is 5.20. The molecular weight excluding hydrogens is 288 g/mol. The zero-order valence-electron chi connectivity index (χ0n) is 9.85. The Labute approximate surface area is 113 Å². The van der Waals surface area contributed by atoms with Crippen molar-refractivity contribution in [2.24, 2.45) is 0 Å². The Morgan fingerprint density at radius 1 is 1.05 bits per heavy atom. The quantitative estimate of drug-likeness (QED) is 0.405. The third kappa shape index (κ3) is 2.70. The number of aromatic hydroxyl groups is 2. The largest absolute Gasteiger partial charge is 0.506 e. The predicted molar refractivity (Wildman–Crippen MR) is 68.0 cm³/mol. The monoisotopic (exact) mass is 298 g/mol. The summed E-state index contributed by atoms with van der Waals surface area (Å²) in [5, 5.41) is 27.7. The Kier molecular flexibility index (Phi) is 3.59. The van der Waals surface area contributed by atoms with Crippen LogP contribution in [-0.2, 0) is 10.0 Å². The second-order valence-electron chi connectivity index (χ2n) is 3.63. The van der Waals surface area contributed by atoms with E-state index in [1.54, 1.807) is 5.48 Å². The van der Waals surface area contributed by atoms with Crippen molar-refractivity contribution in [3.63, 3.8) is 0 Å². The molecule has 1 heterocycles. The Balaban J connectivity index is 2.40. The van der Waals surface area contributed by atoms with Crippen LogP contribution in [0.2, 0.25) is 0 Å². The molecule has 0 spiro atoms. The molecule has 0 saturated carbocycles. The molecule has 1 aromatic carbocycles. The Hall–Kier alpha value is -2.59. The fourth-order valence-corrected chi connectivity index (χ4v) is 2.38. The third-order valence-electron chi connectivity index (χ3n) is 2.28. The van der Waals surface area contributed by atoms with Crippen molar-refractivity contribution in [1.82, 2.24) is 9.97 Å². The number of hydrogen-bond acceptors (Lipinski definition) is 8. The van der Waals surface area contributed by atoms with E-state index in [4.69, 9.17) is 5.21 Å². The van der Waals surface area contributed by atoms with Crippen LogP contribution < -0.4 is 10.2 Å². The number of sulfonamides is 1. The highest BCUT2D eigenvalue weighted by atomic mass is 32.2. The summed E-state index contributed by atoms with van der Waals surface area (Å²) < 4.78 is 26.1. The lowest BCUT2D eigenvalue weighted by atomic mass is 10.3. The minimum absolute atomic E-state index is 0.157. The molecule has 5 N–H and O–H groups in total. The number of hydrogen-bond donors (Lipinski definition) is 5. The van der Waals surface area contributed by atoms with Gasteiger partial charge >= 0.3 is 0 Å². The maximum absolute atomic E-state index is 12.0. The molecule has 9 nitrogen and oxygen atoms in total. The molecule has 106 valence electrons. The summed E-state index contributed by atoms with van der Waals surface area (Å²) in [5.41, 5.74) is 1.15. The Morgan fingerprint density at radius 3 is 2.10 bits per heavy atom. The van der Waals surface area contributed by atoms with E-state index < -0.39 is 32.1 Å². The van der Waals surface area contributed by atoms with Crippen LogP contribution in [0.5, 0.6) is 11.5 Å². The van der Waals surface area contributed by atoms with Gasteiger partial charge in [-0.05, 0) is 6.07 Å². The van der Waals surface area contributed by atoms with E-state index in [9.17, 15) is 18.6 Å². The Morgan fingerprint density at radius 2 is 1.60 bits per heavy atom. The minimum Gasteiger partial charge on any atom is -0.506 e. The van der Waals surface area contributed by atoms with Gasteiger partial charge in [0, 0.05) is 24.5 Å². The highest BCUT2D eigenvalue weighted by molar-refractivity contribution is 7.92. The molecule has 0 radical (unpaired) electrons. The van der Waals surface area contributed by atoms with Crippen LogP contribution in [0.4, 0.5) is 11.6 Å². The molecular formula is C10H10N4O5S. The highest BCUT2D eigenvalue weighted by Gasteiger charge is 2.20. The molecule has 0 fully saturated rings. The molecule has 0 saturated heterocycles. The average Bonchev–Trinajstić information content (AvgIpc) is 2.39. The van der Waals surface area contributed by atoms with Gasteiger partial charge in [0.05, 0.1) is 4.90 Å². The summed E-state index contributed by atoms with van der Waals surface area (Å²) >= 11 is 0. The molecule has 2 rings (SSSR count). The molecule has 10 heteroatoms. The second kappa shape index (κ2) is 5.19. The highest BCUT2D eigenvalue weighted by Crippen LogP contribution is 2.35. The lowest BCUT2D eigenvalue weighted by Gasteiger charge is -2.10. The van der Waals surface area contributed by atoms with Gasteiger partial charge in [0.25, 0.3) is 10.0 Å². The van der Waals surface area contributed by atoms with E-state index in [0.717, 1.165) is 12.1 Å². The average molecular weight is 298 g/mol. The van der Waals surface area contributed by atoms with E-state index in [2.05, 4.69) is 14.7 Å². The van der Waals surface area contributed by atoms with Crippen LogP contribution in [-0.4, -0.2) is 33.8 Å². The predicted octanol–water partition coefficient (Wildman–Crippen LogP) is 0.490. The summed E-state index contributed by atoms with van der Waals surface area (Å²) in [6.45, 7) is 0. The van der Waals surface area contributed by atoms with Gasteiger partial charge < -0.3 is 10.2 Å². The molecule has 2 aromatic rings. The van der Waals surface area contributed by atoms with Gasteiger partial charge in [-0.25, -0.2) is 23.1 Å². The summed E-state index contributed by atoms with van der Waals surface area (Å²) in [4.78, 5) is 6.96. The minimum atomic E-state index is -4.09. The summed E-state index contributed by atoms with van der Waals surface area (Å²) in [6, 6.07) is 3.21. The molecule has 0 bridgehead atoms. The van der Waals surface area contributed by atoms with Crippen molar-refractivity contribution in [2.45, 2.75) is 4.90 Å². The lowest BCUT2D eigenvalue weighted by molar-refractivity contribution is 0.371. The van der Waals surface area contributed by atoms with Gasteiger partial charge in [-0.1, -0.05) is 0 Å². The third-order valence-corrected chi connectivity index (χ3v) is 3.59. The molecule has 1 aromatic heterocycles. The van der Waals surface area contributed by atoms with Crippen molar-refractivity contribution in [3.05, 3.63) is 30.6 Å². The zero-order chi connectivity index (χ0) is 14.8. The molecule has 0 aliphatic rings. The SMILES string of the molecule is O=S(=O)(Nc1ncccn1)c1cc(O)c(NO)c(O)c1. The molecule has 0 amide bonds. The first-order chi connectivity index (χ1) is 9.44. The fourth-order valence-electron chi connectivity index (χ4n) is 1.39. The van der Waals surface area contributed by atoms with E-state index >= 15 is 0 Å². The Bertz CT molecular complexity index is 697. The van der Waals surface area contributed by atoms with Gasteiger partial charge in [-0.2, -0.15) is 0 Å². The fraction of sp³-hybridized carbons (Fsp3) is 0. The summed E-state index contributed by atoms with van der Waals surface area (Å²) in [6.07, 6.45) is 2.69. The van der Waals surface area contributed by atoms with Crippen molar-refractivity contribution in [2.75, 3.05) is 10.2 Å². The second-order valence-corrected chi connectivity index (χ2v) is 5.31. The molecule has 0 atom stereocenters. The topological polar surface area (TPSA) is 145 Å². The number of phenols is 2. The maximum Gasteiger partial charge on any atom is 0.264 e. The zero-order valence-corrected chi connectivity index (χ0v) is 10.7. The van der Waals surface area contributed by atoms with Crippen molar-refractivity contribution in [3.8, 4) is 11.5 Å². The van der Waals surface area contributed by atoms with E-state index in [1.807, 2.05) is 0 Å². The summed E-state index contributed by atoms with van der Waals surface area (Å²) in [5.74, 6) is -1.43. The van der Waals surface area contributed by atoms with Gasteiger partial charge in [0.15, 0.2) is 0 Å².